The third-order valence-electron chi connectivity index (χ3n) is 5.06. The summed E-state index contributed by atoms with van der Waals surface area (Å²) in [7, 11) is 1.79. The van der Waals surface area contributed by atoms with Crippen LogP contribution in [0.5, 0.6) is 0 Å². The van der Waals surface area contributed by atoms with Crippen molar-refractivity contribution < 1.29 is 13.6 Å². The van der Waals surface area contributed by atoms with E-state index in [1.54, 1.807) is 48.5 Å². The molecule has 3 heterocycles. The summed E-state index contributed by atoms with van der Waals surface area (Å²) in [4.78, 5) is 20.6. The second-order valence-corrected chi connectivity index (χ2v) is 7.39. The highest BCUT2D eigenvalue weighted by atomic mass is 19.3. The summed E-state index contributed by atoms with van der Waals surface area (Å²) >= 11 is 0. The monoisotopic (exact) mass is 444 g/mol. The van der Waals surface area contributed by atoms with Gasteiger partial charge in [0.25, 0.3) is 12.3 Å². The molecule has 0 bridgehead atoms. The van der Waals surface area contributed by atoms with E-state index in [1.165, 1.54) is 12.3 Å². The zero-order valence-electron chi connectivity index (χ0n) is 17.8. The summed E-state index contributed by atoms with van der Waals surface area (Å²) in [5.41, 5.74) is 4.15. The quantitative estimate of drug-likeness (QED) is 0.472. The van der Waals surface area contributed by atoms with E-state index >= 15 is 0 Å². The number of nitrogens with zero attached hydrogens (tertiary/aromatic N) is 5. The molecule has 0 unspecified atom stereocenters. The average Bonchev–Trinajstić information content (AvgIpc) is 3.26. The molecule has 33 heavy (non-hydrogen) atoms. The van der Waals surface area contributed by atoms with E-state index in [0.29, 0.717) is 22.5 Å². The number of nitriles is 1. The number of anilines is 1. The molecule has 9 heteroatoms. The zero-order valence-corrected chi connectivity index (χ0v) is 17.8. The molecule has 0 aliphatic heterocycles. The molecule has 1 N–H and O–H groups in total. The van der Waals surface area contributed by atoms with Crippen molar-refractivity contribution >= 4 is 11.6 Å². The first-order valence-electron chi connectivity index (χ1n) is 9.91. The molecule has 0 saturated heterocycles. The van der Waals surface area contributed by atoms with E-state index in [1.807, 2.05) is 13.0 Å². The number of nitrogens with one attached hydrogen (secondary N) is 1. The molecule has 7 nitrogen and oxygen atoms in total. The van der Waals surface area contributed by atoms with Crippen molar-refractivity contribution in [1.82, 2.24) is 19.7 Å². The predicted octanol–water partition coefficient (Wildman–Crippen LogP) is 4.91. The van der Waals surface area contributed by atoms with E-state index in [0.717, 1.165) is 22.8 Å². The number of halogens is 2. The molecular weight excluding hydrogens is 426 g/mol. The maximum Gasteiger partial charge on any atom is 0.280 e. The maximum absolute atomic E-state index is 12.9. The lowest BCUT2D eigenvalue weighted by molar-refractivity contribution is 0.102. The van der Waals surface area contributed by atoms with Crippen molar-refractivity contribution in [2.45, 2.75) is 13.3 Å². The van der Waals surface area contributed by atoms with Crippen molar-refractivity contribution in [3.05, 3.63) is 83.6 Å². The summed E-state index contributed by atoms with van der Waals surface area (Å²) in [6.45, 7) is 1.90. The van der Waals surface area contributed by atoms with Crippen molar-refractivity contribution in [2.24, 2.45) is 7.05 Å². The number of aryl methyl sites for hydroxylation is 2. The Morgan fingerprint density at radius 3 is 2.64 bits per heavy atom. The zero-order chi connectivity index (χ0) is 23.5. The van der Waals surface area contributed by atoms with Crippen LogP contribution in [0.2, 0.25) is 0 Å². The van der Waals surface area contributed by atoms with Gasteiger partial charge in [-0.25, -0.2) is 8.78 Å². The van der Waals surface area contributed by atoms with Crippen LogP contribution in [0, 0.1) is 18.3 Å². The number of carbonyl (C=O) groups is 1. The second kappa shape index (κ2) is 8.96. The molecule has 3 aromatic heterocycles. The summed E-state index contributed by atoms with van der Waals surface area (Å²) in [6, 6.07) is 11.6. The fraction of sp³-hybridized carbons (Fsp3) is 0.125. The second-order valence-electron chi connectivity index (χ2n) is 7.39. The molecular formula is C24H18F2N6O. The van der Waals surface area contributed by atoms with Crippen LogP contribution >= 0.6 is 0 Å². The third-order valence-corrected chi connectivity index (χ3v) is 5.06. The van der Waals surface area contributed by atoms with Gasteiger partial charge in [-0.2, -0.15) is 10.4 Å². The van der Waals surface area contributed by atoms with Gasteiger partial charge < -0.3 is 5.32 Å². The molecule has 4 rings (SSSR count). The number of aromatic nitrogens is 4. The van der Waals surface area contributed by atoms with Crippen molar-refractivity contribution in [1.29, 1.82) is 5.26 Å². The van der Waals surface area contributed by atoms with E-state index in [-0.39, 0.29) is 5.56 Å². The van der Waals surface area contributed by atoms with Crippen molar-refractivity contribution in [2.75, 3.05) is 5.32 Å². The van der Waals surface area contributed by atoms with E-state index in [2.05, 4.69) is 26.5 Å². The Balaban J connectivity index is 1.64. The summed E-state index contributed by atoms with van der Waals surface area (Å²) in [6.07, 6.45) is 3.50. The average molecular weight is 444 g/mol. The minimum absolute atomic E-state index is 0.0803. The molecule has 0 atom stereocenters. The van der Waals surface area contributed by atoms with Gasteiger partial charge in [-0.15, -0.1) is 0 Å². The molecule has 4 aromatic rings. The van der Waals surface area contributed by atoms with Gasteiger partial charge in [-0.05, 0) is 48.4 Å². The molecule has 0 aliphatic rings. The third kappa shape index (κ3) is 4.60. The molecule has 0 fully saturated rings. The predicted molar refractivity (Wildman–Crippen MR) is 118 cm³/mol. The summed E-state index contributed by atoms with van der Waals surface area (Å²) < 4.78 is 27.4. The van der Waals surface area contributed by atoms with Gasteiger partial charge in [-0.1, -0.05) is 6.07 Å². The van der Waals surface area contributed by atoms with Crippen LogP contribution in [0.3, 0.4) is 0 Å². The Morgan fingerprint density at radius 2 is 1.94 bits per heavy atom. The Kier molecular flexibility index (Phi) is 5.91. The maximum atomic E-state index is 12.9. The summed E-state index contributed by atoms with van der Waals surface area (Å²) in [5, 5.41) is 16.5. The van der Waals surface area contributed by atoms with Crippen LogP contribution in [0.25, 0.3) is 22.4 Å². The molecule has 1 aromatic carbocycles. The van der Waals surface area contributed by atoms with Crippen molar-refractivity contribution in [3.63, 3.8) is 0 Å². The highest BCUT2D eigenvalue weighted by molar-refractivity contribution is 6.04. The number of alkyl halides is 2. The standard InChI is InChI=1S/C24H18F2N6O/c1-14-3-4-19(31-24(33)15-5-6-28-21(8-15)23(25)26)9-20(14)17-7-16(10-27)22(29-11-17)18-12-30-32(2)13-18/h3-9,11-13,23H,1-2H3,(H,31,33). The van der Waals surface area contributed by atoms with Gasteiger partial charge >= 0.3 is 0 Å². The largest absolute Gasteiger partial charge is 0.322 e. The minimum Gasteiger partial charge on any atom is -0.322 e. The number of hydrogen-bond acceptors (Lipinski definition) is 5. The molecule has 0 spiro atoms. The first-order chi connectivity index (χ1) is 15.9. The lowest BCUT2D eigenvalue weighted by Gasteiger charge is -2.12. The van der Waals surface area contributed by atoms with E-state index in [4.69, 9.17) is 0 Å². The molecule has 164 valence electrons. The van der Waals surface area contributed by atoms with Crippen LogP contribution in [0.15, 0.2) is 61.2 Å². The fourth-order valence-electron chi connectivity index (χ4n) is 3.39. The van der Waals surface area contributed by atoms with Gasteiger partial charge in [0.05, 0.1) is 17.5 Å². The topological polar surface area (TPSA) is 96.5 Å². The van der Waals surface area contributed by atoms with Crippen LogP contribution in [0.1, 0.15) is 33.6 Å². The fourth-order valence-corrected chi connectivity index (χ4v) is 3.39. The highest BCUT2D eigenvalue weighted by Crippen LogP contribution is 2.30. The van der Waals surface area contributed by atoms with Crippen molar-refractivity contribution in [3.8, 4) is 28.5 Å². The number of benzene rings is 1. The first kappa shape index (κ1) is 21.8. The Labute approximate surface area is 188 Å². The number of hydrogen-bond donors (Lipinski definition) is 1. The molecule has 1 amide bonds. The van der Waals surface area contributed by atoms with Gasteiger partial charge in [0, 0.05) is 48.0 Å². The lowest BCUT2D eigenvalue weighted by Crippen LogP contribution is -2.12. The molecule has 0 aliphatic carbocycles. The minimum atomic E-state index is -2.76. The Hall–Kier alpha value is -4.45. The first-order valence-corrected chi connectivity index (χ1v) is 9.91. The number of rotatable bonds is 5. The van der Waals surface area contributed by atoms with Crippen LogP contribution < -0.4 is 5.32 Å². The Bertz CT molecular complexity index is 1390. The lowest BCUT2D eigenvalue weighted by atomic mass is 9.98. The van der Waals surface area contributed by atoms with Gasteiger partial charge in [0.1, 0.15) is 11.8 Å². The summed E-state index contributed by atoms with van der Waals surface area (Å²) in [5.74, 6) is -0.531. The van der Waals surface area contributed by atoms with Gasteiger partial charge in [0.15, 0.2) is 0 Å². The highest BCUT2D eigenvalue weighted by Gasteiger charge is 2.15. The van der Waals surface area contributed by atoms with E-state index in [9.17, 15) is 18.8 Å². The van der Waals surface area contributed by atoms with Crippen LogP contribution in [-0.4, -0.2) is 25.7 Å². The molecule has 0 saturated carbocycles. The van der Waals surface area contributed by atoms with Gasteiger partial charge in [-0.3, -0.25) is 19.4 Å². The number of amides is 1. The number of pyridine rings is 2. The van der Waals surface area contributed by atoms with Gasteiger partial charge in [0.2, 0.25) is 0 Å². The SMILES string of the molecule is Cc1ccc(NC(=O)c2ccnc(C(F)F)c2)cc1-c1cnc(-c2cnn(C)c2)c(C#N)c1. The molecule has 0 radical (unpaired) electrons. The van der Waals surface area contributed by atoms with Crippen LogP contribution in [0.4, 0.5) is 14.5 Å². The van der Waals surface area contributed by atoms with E-state index < -0.39 is 18.0 Å². The number of carbonyl (C=O) groups excluding carboxylic acids is 1. The smallest absolute Gasteiger partial charge is 0.280 e. The van der Waals surface area contributed by atoms with Crippen LogP contribution in [-0.2, 0) is 7.05 Å². The Morgan fingerprint density at radius 1 is 1.12 bits per heavy atom. The normalized spacial score (nSPS) is 10.8.